The summed E-state index contributed by atoms with van der Waals surface area (Å²) in [7, 11) is 0. The van der Waals surface area contributed by atoms with E-state index in [9.17, 15) is 19.2 Å². The average Bonchev–Trinajstić information content (AvgIpc) is 3.39. The molecule has 2 fully saturated rings. The van der Waals surface area contributed by atoms with E-state index in [1.54, 1.807) is 71.8 Å². The maximum absolute atomic E-state index is 13.9. The van der Waals surface area contributed by atoms with E-state index in [1.807, 2.05) is 6.07 Å². The number of carbonyl (C=O) groups is 4. The van der Waals surface area contributed by atoms with Crippen molar-refractivity contribution >= 4 is 63.9 Å². The molecule has 3 aromatic carbocycles. The molecular formula is C30H19Cl3N2O4. The summed E-state index contributed by atoms with van der Waals surface area (Å²) in [5, 5.41) is 0.998. The number of Topliss-reactive ketones (excluding diaryl/α,β-unsaturated/α-hetero) is 2. The Morgan fingerprint density at radius 1 is 0.718 bits per heavy atom. The van der Waals surface area contributed by atoms with Crippen molar-refractivity contribution in [3.8, 4) is 0 Å². The Balaban J connectivity index is 1.44. The van der Waals surface area contributed by atoms with Crippen molar-refractivity contribution in [3.63, 3.8) is 0 Å². The first-order chi connectivity index (χ1) is 18.7. The molecule has 0 spiro atoms. The molecule has 9 heteroatoms. The van der Waals surface area contributed by atoms with Crippen LogP contribution in [0.2, 0.25) is 15.1 Å². The molecule has 3 aliphatic rings. The zero-order chi connectivity index (χ0) is 27.4. The number of benzene rings is 3. The van der Waals surface area contributed by atoms with Crippen LogP contribution in [0.4, 0.5) is 5.69 Å². The topological polar surface area (TPSA) is 74.8 Å². The third-order valence-corrected chi connectivity index (χ3v) is 8.04. The molecule has 3 aromatic rings. The predicted molar refractivity (Wildman–Crippen MR) is 149 cm³/mol. The first kappa shape index (κ1) is 25.6. The van der Waals surface area contributed by atoms with E-state index in [-0.39, 0.29) is 27.3 Å². The second-order valence-corrected chi connectivity index (χ2v) is 10.9. The predicted octanol–water partition coefficient (Wildman–Crippen LogP) is 6.02. The maximum atomic E-state index is 13.9. The van der Waals surface area contributed by atoms with Crippen LogP contribution in [0.5, 0.6) is 0 Å². The number of imide groups is 1. The number of carbonyl (C=O) groups excluding carboxylic acids is 4. The smallest absolute Gasteiger partial charge is 0.240 e. The van der Waals surface area contributed by atoms with Crippen molar-refractivity contribution < 1.29 is 19.2 Å². The van der Waals surface area contributed by atoms with Gasteiger partial charge in [-0.1, -0.05) is 71.2 Å². The van der Waals surface area contributed by atoms with Gasteiger partial charge in [0.2, 0.25) is 11.8 Å². The first-order valence-corrected chi connectivity index (χ1v) is 13.3. The van der Waals surface area contributed by atoms with Crippen LogP contribution in [0.15, 0.2) is 96.7 Å². The van der Waals surface area contributed by atoms with Gasteiger partial charge in [-0.2, -0.15) is 0 Å². The third-order valence-electron chi connectivity index (χ3n) is 7.35. The molecule has 2 saturated heterocycles. The van der Waals surface area contributed by atoms with Crippen molar-refractivity contribution in [2.45, 2.75) is 12.1 Å². The highest BCUT2D eigenvalue weighted by Crippen LogP contribution is 2.47. The zero-order valence-electron chi connectivity index (χ0n) is 20.1. The van der Waals surface area contributed by atoms with Crippen LogP contribution in [-0.2, 0) is 9.59 Å². The fourth-order valence-electron chi connectivity index (χ4n) is 5.66. The van der Waals surface area contributed by atoms with Gasteiger partial charge in [0, 0.05) is 38.0 Å². The van der Waals surface area contributed by atoms with Crippen LogP contribution in [0.1, 0.15) is 20.7 Å². The average molecular weight is 578 g/mol. The molecule has 3 aliphatic heterocycles. The molecule has 0 unspecified atom stereocenters. The second kappa shape index (κ2) is 9.79. The van der Waals surface area contributed by atoms with Gasteiger partial charge in [0.1, 0.15) is 6.04 Å². The third kappa shape index (κ3) is 4.29. The number of nitrogens with zero attached hydrogens (tertiary/aromatic N) is 2. The lowest BCUT2D eigenvalue weighted by Gasteiger charge is -2.32. The molecule has 2 amide bonds. The normalized spacial score (nSPS) is 23.5. The summed E-state index contributed by atoms with van der Waals surface area (Å²) in [6, 6.07) is 18.0. The summed E-state index contributed by atoms with van der Waals surface area (Å²) in [6.45, 7) is 0. The molecule has 0 aliphatic carbocycles. The van der Waals surface area contributed by atoms with E-state index in [0.29, 0.717) is 21.7 Å². The number of halogens is 3. The van der Waals surface area contributed by atoms with Gasteiger partial charge in [0.15, 0.2) is 11.6 Å². The number of fused-ring (bicyclic) bond motifs is 3. The van der Waals surface area contributed by atoms with Crippen molar-refractivity contribution in [1.29, 1.82) is 0 Å². The SMILES string of the molecule is O=C(C1=C[C@@H]2[C@@H]3C(=O)N(c4cc(Cl)cc(Cl)c4)C(=O)[C@@H]3[C@H](C(=O)c3ccc(Cl)cc3)N2C=C1)c1ccccc1. The van der Waals surface area contributed by atoms with E-state index in [1.165, 1.54) is 18.2 Å². The van der Waals surface area contributed by atoms with E-state index in [4.69, 9.17) is 34.8 Å². The highest BCUT2D eigenvalue weighted by atomic mass is 35.5. The molecule has 6 rings (SSSR count). The van der Waals surface area contributed by atoms with Gasteiger partial charge in [0.25, 0.3) is 0 Å². The Labute approximate surface area is 239 Å². The van der Waals surface area contributed by atoms with Gasteiger partial charge >= 0.3 is 0 Å². The fourth-order valence-corrected chi connectivity index (χ4v) is 6.30. The van der Waals surface area contributed by atoms with E-state index < -0.39 is 35.7 Å². The molecule has 6 nitrogen and oxygen atoms in total. The molecule has 194 valence electrons. The van der Waals surface area contributed by atoms with Crippen molar-refractivity contribution in [1.82, 2.24) is 4.90 Å². The number of hydrogen-bond donors (Lipinski definition) is 0. The maximum Gasteiger partial charge on any atom is 0.240 e. The number of ketones is 2. The number of anilines is 1. The Morgan fingerprint density at radius 3 is 2.03 bits per heavy atom. The molecule has 0 bridgehead atoms. The summed E-state index contributed by atoms with van der Waals surface area (Å²) in [5.41, 5.74) is 1.47. The van der Waals surface area contributed by atoms with Gasteiger partial charge in [-0.25, -0.2) is 4.90 Å². The summed E-state index contributed by atoms with van der Waals surface area (Å²) < 4.78 is 0. The largest absolute Gasteiger partial charge is 0.359 e. The second-order valence-electron chi connectivity index (χ2n) is 9.58. The number of amides is 2. The monoisotopic (exact) mass is 576 g/mol. The van der Waals surface area contributed by atoms with Crippen LogP contribution < -0.4 is 4.90 Å². The molecule has 3 heterocycles. The summed E-state index contributed by atoms with van der Waals surface area (Å²) >= 11 is 18.4. The number of hydrogen-bond acceptors (Lipinski definition) is 5. The standard InChI is InChI=1S/C30H19Cl3N2O4/c31-19-8-6-17(7-9-19)28(37)26-25-24(29(38)35(30(25)39)22-14-20(32)13-21(33)15-22)23-12-18(10-11-34(23)26)27(36)16-4-2-1-3-5-16/h1-15,23-26H/t23-,24+,25+,26-/m1/s1. The van der Waals surface area contributed by atoms with Crippen LogP contribution in [0.3, 0.4) is 0 Å². The molecule has 0 N–H and O–H groups in total. The minimum atomic E-state index is -0.990. The Bertz CT molecular complexity index is 1580. The molecule has 39 heavy (non-hydrogen) atoms. The summed E-state index contributed by atoms with van der Waals surface area (Å²) in [6.07, 6.45) is 4.94. The van der Waals surface area contributed by atoms with Gasteiger partial charge in [0.05, 0.1) is 23.6 Å². The Morgan fingerprint density at radius 2 is 1.36 bits per heavy atom. The van der Waals surface area contributed by atoms with Gasteiger partial charge in [-0.05, 0) is 48.5 Å². The van der Waals surface area contributed by atoms with E-state index in [2.05, 4.69) is 0 Å². The van der Waals surface area contributed by atoms with Crippen LogP contribution >= 0.6 is 34.8 Å². The first-order valence-electron chi connectivity index (χ1n) is 12.2. The summed E-state index contributed by atoms with van der Waals surface area (Å²) in [5.74, 6) is -3.45. The van der Waals surface area contributed by atoms with Crippen LogP contribution in [-0.4, -0.2) is 40.4 Å². The van der Waals surface area contributed by atoms with Gasteiger partial charge in [-0.3, -0.25) is 19.2 Å². The number of rotatable bonds is 5. The number of allylic oxidation sites excluding steroid dienone is 2. The van der Waals surface area contributed by atoms with Gasteiger partial charge < -0.3 is 4.90 Å². The molecule has 4 atom stereocenters. The van der Waals surface area contributed by atoms with Crippen LogP contribution in [0.25, 0.3) is 0 Å². The van der Waals surface area contributed by atoms with E-state index >= 15 is 0 Å². The zero-order valence-corrected chi connectivity index (χ0v) is 22.4. The summed E-state index contributed by atoms with van der Waals surface area (Å²) in [4.78, 5) is 57.7. The minimum Gasteiger partial charge on any atom is -0.359 e. The lowest BCUT2D eigenvalue weighted by Crippen LogP contribution is -2.46. The fraction of sp³-hybridized carbons (Fsp3) is 0.133. The lowest BCUT2D eigenvalue weighted by molar-refractivity contribution is -0.123. The highest BCUT2D eigenvalue weighted by Gasteiger charge is 2.63. The minimum absolute atomic E-state index is 0.217. The van der Waals surface area contributed by atoms with Gasteiger partial charge in [-0.15, -0.1) is 0 Å². The Hall–Kier alpha value is -3.71. The quantitative estimate of drug-likeness (QED) is 0.274. The highest BCUT2D eigenvalue weighted by molar-refractivity contribution is 6.36. The molecule has 0 saturated carbocycles. The molecular weight excluding hydrogens is 559 g/mol. The lowest BCUT2D eigenvalue weighted by atomic mass is 9.85. The molecule has 0 aromatic heterocycles. The van der Waals surface area contributed by atoms with Crippen LogP contribution in [0, 0.1) is 11.8 Å². The van der Waals surface area contributed by atoms with Crippen molar-refractivity contribution in [3.05, 3.63) is 123 Å². The molecule has 0 radical (unpaired) electrons. The van der Waals surface area contributed by atoms with Crippen molar-refractivity contribution in [2.75, 3.05) is 4.90 Å². The Kier molecular flexibility index (Phi) is 6.42. The van der Waals surface area contributed by atoms with E-state index in [0.717, 1.165) is 4.90 Å². The van der Waals surface area contributed by atoms with Crippen molar-refractivity contribution in [2.24, 2.45) is 11.8 Å².